The Kier molecular flexibility index (Phi) is 10.4. The molecular weight excluding hydrogens is 570 g/mol. The number of likely N-dealkylation sites (tertiary alicyclic amines) is 1. The quantitative estimate of drug-likeness (QED) is 0.328. The van der Waals surface area contributed by atoms with Crippen LogP contribution in [0.5, 0.6) is 0 Å². The number of benzene rings is 1. The number of aliphatic hydroxyl groups is 1. The molecule has 1 aliphatic carbocycles. The van der Waals surface area contributed by atoms with Gasteiger partial charge in [0.05, 0.1) is 18.0 Å². The smallest absolute Gasteiger partial charge is 0.407 e. The van der Waals surface area contributed by atoms with Crippen LogP contribution in [0.15, 0.2) is 34.0 Å². The largest absolute Gasteiger partial charge is 0.465 e. The van der Waals surface area contributed by atoms with E-state index in [1.807, 2.05) is 0 Å². The van der Waals surface area contributed by atoms with Crippen LogP contribution in [-0.4, -0.2) is 87.7 Å². The van der Waals surface area contributed by atoms with E-state index in [0.717, 1.165) is 21.6 Å². The molecule has 1 aliphatic heterocycles. The predicted molar refractivity (Wildman–Crippen MR) is 149 cm³/mol. The molecule has 2 atom stereocenters. The van der Waals surface area contributed by atoms with Crippen LogP contribution in [0.25, 0.3) is 0 Å². The van der Waals surface area contributed by atoms with E-state index >= 15 is 0 Å². The van der Waals surface area contributed by atoms with E-state index in [4.69, 9.17) is 9.47 Å². The van der Waals surface area contributed by atoms with Crippen molar-refractivity contribution < 1.29 is 38.1 Å². The lowest BCUT2D eigenvalue weighted by molar-refractivity contribution is -0.154. The van der Waals surface area contributed by atoms with Gasteiger partial charge in [-0.05, 0) is 49.8 Å². The number of aryl methyl sites for hydroxylation is 1. The molecule has 0 bridgehead atoms. The van der Waals surface area contributed by atoms with Gasteiger partial charge < -0.3 is 29.5 Å². The first kappa shape index (κ1) is 32.3. The molecule has 1 saturated carbocycles. The predicted octanol–water partition coefficient (Wildman–Crippen LogP) is 1.74. The highest BCUT2D eigenvalue weighted by molar-refractivity contribution is 5.82. The minimum absolute atomic E-state index is 0.0438. The molecule has 14 heteroatoms. The molecule has 4 rings (SSSR count). The van der Waals surface area contributed by atoms with Crippen molar-refractivity contribution in [3.8, 4) is 0 Å². The van der Waals surface area contributed by atoms with Crippen molar-refractivity contribution in [2.24, 2.45) is 5.92 Å². The molecule has 43 heavy (non-hydrogen) atoms. The summed E-state index contributed by atoms with van der Waals surface area (Å²) in [4.78, 5) is 55.2. The number of halogens is 2. The highest BCUT2D eigenvalue weighted by atomic mass is 19.2. The van der Waals surface area contributed by atoms with Crippen molar-refractivity contribution in [1.82, 2.24) is 18.9 Å². The summed E-state index contributed by atoms with van der Waals surface area (Å²) in [6.07, 6.45) is 2.08. The number of ether oxygens (including phenoxy) is 2. The highest BCUT2D eigenvalue weighted by Crippen LogP contribution is 2.41. The van der Waals surface area contributed by atoms with E-state index in [9.17, 15) is 38.2 Å². The Labute approximate surface area is 247 Å². The molecule has 1 aromatic heterocycles. The number of piperidine rings is 1. The molecule has 1 saturated heterocycles. The molecule has 2 amide bonds. The van der Waals surface area contributed by atoms with Crippen LogP contribution in [-0.2, 0) is 39.5 Å². The fourth-order valence-corrected chi connectivity index (χ4v) is 5.59. The third-order valence-electron chi connectivity index (χ3n) is 8.13. The molecule has 0 radical (unpaired) electrons. The number of rotatable bonds is 13. The summed E-state index contributed by atoms with van der Waals surface area (Å²) < 4.78 is 40.7. The number of hydrogen-bond acceptors (Lipinski definition) is 7. The third kappa shape index (κ3) is 7.13. The van der Waals surface area contributed by atoms with Crippen molar-refractivity contribution in [1.29, 1.82) is 0 Å². The lowest BCUT2D eigenvalue weighted by Crippen LogP contribution is -2.57. The Balaban J connectivity index is 1.72. The maximum Gasteiger partial charge on any atom is 0.407 e. The summed E-state index contributed by atoms with van der Waals surface area (Å²) in [5.41, 5.74) is -2.92. The van der Waals surface area contributed by atoms with Crippen LogP contribution in [0.1, 0.15) is 43.2 Å². The standard InChI is InChI=1S/C29H38F2N4O8/c1-42-13-3-10-32-16-19(25(36)34(27(32)38)11-4-14-43-2)17-35(21-6-7-21)26(37)22-18-33(28(39)40)12-9-29(22,41)20-5-8-23(30)24(31)15-20/h5,8,15-16,21-22,41H,3-4,6-7,9-14,17-18H2,1-2H3,(H,39,40)/t22-,29+/m1/s1. The number of methoxy groups -OCH3 is 2. The van der Waals surface area contributed by atoms with Gasteiger partial charge in [0, 0.05) is 65.9 Å². The summed E-state index contributed by atoms with van der Waals surface area (Å²) in [6.45, 7) is 0.398. The highest BCUT2D eigenvalue weighted by Gasteiger charge is 2.51. The molecule has 0 spiro atoms. The molecule has 0 unspecified atom stereocenters. The van der Waals surface area contributed by atoms with Crippen LogP contribution in [0.2, 0.25) is 0 Å². The maximum absolute atomic E-state index is 14.2. The Morgan fingerprint density at radius 3 is 2.35 bits per heavy atom. The number of aromatic nitrogens is 2. The summed E-state index contributed by atoms with van der Waals surface area (Å²) in [6, 6.07) is 2.58. The minimum atomic E-state index is -2.00. The molecule has 2 fully saturated rings. The molecule has 2 heterocycles. The number of carbonyl (C=O) groups is 2. The normalized spacial score (nSPS) is 20.3. The summed E-state index contributed by atoms with van der Waals surface area (Å²) in [7, 11) is 3.05. The van der Waals surface area contributed by atoms with Gasteiger partial charge in [0.25, 0.3) is 5.56 Å². The Hall–Kier alpha value is -3.62. The lowest BCUT2D eigenvalue weighted by Gasteiger charge is -2.44. The zero-order chi connectivity index (χ0) is 31.3. The van der Waals surface area contributed by atoms with E-state index in [0.29, 0.717) is 38.9 Å². The molecule has 12 nitrogen and oxygen atoms in total. The second kappa shape index (κ2) is 13.8. The summed E-state index contributed by atoms with van der Waals surface area (Å²) in [5.74, 6) is -4.32. The van der Waals surface area contributed by atoms with Gasteiger partial charge >= 0.3 is 11.8 Å². The zero-order valence-corrected chi connectivity index (χ0v) is 24.3. The third-order valence-corrected chi connectivity index (χ3v) is 8.13. The van der Waals surface area contributed by atoms with Gasteiger partial charge in [-0.1, -0.05) is 6.07 Å². The minimum Gasteiger partial charge on any atom is -0.465 e. The number of nitrogens with zero attached hydrogens (tertiary/aromatic N) is 4. The average molecular weight is 609 g/mol. The fraction of sp³-hybridized carbons (Fsp3) is 0.586. The molecule has 2 N–H and O–H groups in total. The summed E-state index contributed by atoms with van der Waals surface area (Å²) >= 11 is 0. The zero-order valence-electron chi connectivity index (χ0n) is 24.3. The van der Waals surface area contributed by atoms with E-state index in [1.165, 1.54) is 35.9 Å². The molecule has 1 aromatic carbocycles. The monoisotopic (exact) mass is 608 g/mol. The van der Waals surface area contributed by atoms with Crippen molar-refractivity contribution in [2.75, 3.05) is 40.5 Å². The lowest BCUT2D eigenvalue weighted by atomic mass is 9.75. The maximum atomic E-state index is 14.2. The Bertz CT molecular complexity index is 1440. The topological polar surface area (TPSA) is 144 Å². The van der Waals surface area contributed by atoms with Crippen molar-refractivity contribution in [3.05, 3.63) is 68.0 Å². The van der Waals surface area contributed by atoms with Gasteiger partial charge in [-0.25, -0.2) is 18.4 Å². The summed E-state index contributed by atoms with van der Waals surface area (Å²) in [5, 5.41) is 21.5. The number of amides is 2. The Morgan fingerprint density at radius 1 is 1.07 bits per heavy atom. The first-order chi connectivity index (χ1) is 20.5. The molecular formula is C29H38F2N4O8. The van der Waals surface area contributed by atoms with E-state index in [1.54, 1.807) is 0 Å². The van der Waals surface area contributed by atoms with Crippen LogP contribution >= 0.6 is 0 Å². The Morgan fingerprint density at radius 2 is 1.74 bits per heavy atom. The van der Waals surface area contributed by atoms with Crippen LogP contribution in [0, 0.1) is 17.6 Å². The van der Waals surface area contributed by atoms with Gasteiger partial charge in [0.2, 0.25) is 5.91 Å². The van der Waals surface area contributed by atoms with Gasteiger partial charge in [-0.15, -0.1) is 0 Å². The van der Waals surface area contributed by atoms with Crippen molar-refractivity contribution in [3.63, 3.8) is 0 Å². The van der Waals surface area contributed by atoms with Gasteiger partial charge in [-0.3, -0.25) is 18.7 Å². The van der Waals surface area contributed by atoms with E-state index < -0.39 is 46.4 Å². The van der Waals surface area contributed by atoms with Crippen LogP contribution in [0.4, 0.5) is 13.6 Å². The van der Waals surface area contributed by atoms with Crippen molar-refractivity contribution in [2.45, 2.75) is 63.4 Å². The first-order valence-corrected chi connectivity index (χ1v) is 14.3. The second-order valence-corrected chi connectivity index (χ2v) is 11.1. The number of hydrogen-bond donors (Lipinski definition) is 2. The van der Waals surface area contributed by atoms with Crippen LogP contribution < -0.4 is 11.2 Å². The van der Waals surface area contributed by atoms with Gasteiger partial charge in [0.1, 0.15) is 5.60 Å². The number of carbonyl (C=O) groups excluding carboxylic acids is 1. The van der Waals surface area contributed by atoms with Gasteiger partial charge in [-0.2, -0.15) is 0 Å². The van der Waals surface area contributed by atoms with E-state index in [-0.39, 0.29) is 56.3 Å². The average Bonchev–Trinajstić information content (AvgIpc) is 3.82. The fourth-order valence-electron chi connectivity index (χ4n) is 5.59. The first-order valence-electron chi connectivity index (χ1n) is 14.3. The number of carboxylic acid groups (broad SMARTS) is 1. The van der Waals surface area contributed by atoms with Gasteiger partial charge in [0.15, 0.2) is 11.6 Å². The molecule has 2 aliphatic rings. The molecule has 236 valence electrons. The van der Waals surface area contributed by atoms with Crippen LogP contribution in [0.3, 0.4) is 0 Å². The van der Waals surface area contributed by atoms with Crippen molar-refractivity contribution >= 4 is 12.0 Å². The SMILES string of the molecule is COCCCn1cc(CN(C(=O)[C@H]2CN(C(=O)O)CC[C@]2(O)c2ccc(F)c(F)c2)C2CC2)c(=O)n(CCCOC)c1=O. The molecule has 2 aromatic rings. The second-order valence-electron chi connectivity index (χ2n) is 11.1. The van der Waals surface area contributed by atoms with E-state index in [2.05, 4.69) is 0 Å².